The van der Waals surface area contributed by atoms with Crippen molar-refractivity contribution in [3.05, 3.63) is 58.2 Å². The molecule has 1 aliphatic rings. The van der Waals surface area contributed by atoms with E-state index in [0.717, 1.165) is 21.5 Å². The molecule has 30 heavy (non-hydrogen) atoms. The van der Waals surface area contributed by atoms with Gasteiger partial charge in [-0.2, -0.15) is 9.78 Å². The van der Waals surface area contributed by atoms with Gasteiger partial charge in [0.15, 0.2) is 11.5 Å². The predicted molar refractivity (Wildman–Crippen MR) is 117 cm³/mol. The molecule has 0 fully saturated rings. The monoisotopic (exact) mass is 440 g/mol. The molecule has 3 heterocycles. The summed E-state index contributed by atoms with van der Waals surface area (Å²) in [6, 6.07) is 10.7. The molecule has 7 nitrogen and oxygen atoms in total. The number of hydrogen-bond acceptors (Lipinski definition) is 6. The van der Waals surface area contributed by atoms with Crippen molar-refractivity contribution in [1.82, 2.24) is 14.8 Å². The lowest BCUT2D eigenvalue weighted by atomic mass is 10.2. The average molecular weight is 441 g/mol. The van der Waals surface area contributed by atoms with Gasteiger partial charge in [0.2, 0.25) is 5.13 Å². The second-order valence-electron chi connectivity index (χ2n) is 6.93. The van der Waals surface area contributed by atoms with Crippen LogP contribution >= 0.6 is 22.9 Å². The highest BCUT2D eigenvalue weighted by molar-refractivity contribution is 7.21. The number of aryl methyl sites for hydroxylation is 2. The van der Waals surface area contributed by atoms with Crippen LogP contribution in [-0.4, -0.2) is 33.9 Å². The van der Waals surface area contributed by atoms with E-state index in [9.17, 15) is 4.79 Å². The molecule has 1 aliphatic heterocycles. The average Bonchev–Trinajstić information content (AvgIpc) is 3.35. The molecule has 0 saturated carbocycles. The number of benzene rings is 2. The minimum atomic E-state index is -0.275. The van der Waals surface area contributed by atoms with Crippen LogP contribution in [-0.2, 0) is 0 Å². The van der Waals surface area contributed by atoms with Crippen molar-refractivity contribution < 1.29 is 14.3 Å². The van der Waals surface area contributed by atoms with E-state index in [-0.39, 0.29) is 5.91 Å². The van der Waals surface area contributed by atoms with E-state index < -0.39 is 0 Å². The first-order valence-electron chi connectivity index (χ1n) is 9.33. The van der Waals surface area contributed by atoms with E-state index in [0.29, 0.717) is 46.2 Å². The van der Waals surface area contributed by atoms with Crippen LogP contribution in [0.15, 0.2) is 36.4 Å². The molecule has 1 amide bonds. The highest BCUT2D eigenvalue weighted by Crippen LogP contribution is 2.34. The maximum atomic E-state index is 12.9. The Labute approximate surface area is 181 Å². The Morgan fingerprint density at radius 3 is 2.73 bits per heavy atom. The molecule has 0 aliphatic carbocycles. The summed E-state index contributed by atoms with van der Waals surface area (Å²) in [6.45, 7) is 4.81. The topological polar surface area (TPSA) is 78.3 Å². The molecule has 2 aromatic carbocycles. The number of rotatable bonds is 3. The van der Waals surface area contributed by atoms with Gasteiger partial charge in [-0.25, -0.2) is 4.98 Å². The smallest absolute Gasteiger partial charge is 0.256 e. The Hall–Kier alpha value is -3.10. The molecule has 9 heteroatoms. The lowest BCUT2D eigenvalue weighted by molar-refractivity contribution is 0.102. The summed E-state index contributed by atoms with van der Waals surface area (Å²) in [5.74, 6) is 1.46. The fraction of sp³-hybridized carbons (Fsp3) is 0.190. The van der Waals surface area contributed by atoms with Crippen molar-refractivity contribution >= 4 is 44.9 Å². The number of carbonyl (C=O) groups excluding carboxylic acids is 1. The van der Waals surface area contributed by atoms with Crippen molar-refractivity contribution in [2.45, 2.75) is 13.8 Å². The van der Waals surface area contributed by atoms with Crippen molar-refractivity contribution in [3.63, 3.8) is 0 Å². The zero-order valence-corrected chi connectivity index (χ0v) is 17.8. The third-order valence-electron chi connectivity index (χ3n) is 4.74. The fourth-order valence-electron chi connectivity index (χ4n) is 3.29. The molecule has 0 unspecified atom stereocenters. The van der Waals surface area contributed by atoms with Gasteiger partial charge >= 0.3 is 0 Å². The maximum Gasteiger partial charge on any atom is 0.256 e. The summed E-state index contributed by atoms with van der Waals surface area (Å²) in [7, 11) is 0. The quantitative estimate of drug-likeness (QED) is 0.496. The van der Waals surface area contributed by atoms with Gasteiger partial charge in [-0.3, -0.25) is 4.79 Å². The van der Waals surface area contributed by atoms with Crippen molar-refractivity contribution in [1.29, 1.82) is 0 Å². The molecule has 0 radical (unpaired) electrons. The second-order valence-corrected chi connectivity index (χ2v) is 8.32. The Bertz CT molecular complexity index is 1260. The number of carbonyl (C=O) groups is 1. The first-order valence-corrected chi connectivity index (χ1v) is 10.5. The van der Waals surface area contributed by atoms with E-state index in [1.54, 1.807) is 28.9 Å². The molecular weight excluding hydrogens is 424 g/mol. The highest BCUT2D eigenvalue weighted by atomic mass is 35.5. The van der Waals surface area contributed by atoms with Crippen molar-refractivity contribution in [3.8, 4) is 16.6 Å². The van der Waals surface area contributed by atoms with Gasteiger partial charge in [-0.1, -0.05) is 29.0 Å². The number of nitrogens with one attached hydrogen (secondary N) is 1. The van der Waals surface area contributed by atoms with Crippen LogP contribution in [0.25, 0.3) is 15.3 Å². The molecule has 0 bridgehead atoms. The summed E-state index contributed by atoms with van der Waals surface area (Å²) in [5, 5.41) is 8.71. The van der Waals surface area contributed by atoms with E-state index in [4.69, 9.17) is 26.1 Å². The Morgan fingerprint density at radius 1 is 1.13 bits per heavy atom. The number of ether oxygens (including phenoxy) is 2. The van der Waals surface area contributed by atoms with Crippen LogP contribution in [0.3, 0.4) is 0 Å². The molecule has 0 spiro atoms. The number of anilines is 1. The normalized spacial score (nSPS) is 12.9. The van der Waals surface area contributed by atoms with Gasteiger partial charge in [0, 0.05) is 11.6 Å². The standard InChI is InChI=1S/C21H17ClN4O3S/c1-11-3-5-14(22)19-18(11)24-21(30-19)26-17(9-12(2)25-26)23-20(27)13-4-6-15-16(10-13)29-8-7-28-15/h3-6,9-10H,7-8H2,1-2H3,(H,23,27). The Kier molecular flexibility index (Phi) is 4.60. The fourth-order valence-corrected chi connectivity index (χ4v) is 4.57. The zero-order valence-electron chi connectivity index (χ0n) is 16.2. The number of hydrogen-bond donors (Lipinski definition) is 1. The van der Waals surface area contributed by atoms with Gasteiger partial charge < -0.3 is 14.8 Å². The molecular formula is C21H17ClN4O3S. The maximum absolute atomic E-state index is 12.9. The number of fused-ring (bicyclic) bond motifs is 2. The van der Waals surface area contributed by atoms with Gasteiger partial charge in [0.1, 0.15) is 19.0 Å². The SMILES string of the molecule is Cc1cc(NC(=O)c2ccc3c(c2)OCCO3)n(-c2nc3c(C)ccc(Cl)c3s2)n1. The lowest BCUT2D eigenvalue weighted by Gasteiger charge is -2.18. The van der Waals surface area contributed by atoms with Crippen molar-refractivity contribution in [2.24, 2.45) is 0 Å². The summed E-state index contributed by atoms with van der Waals surface area (Å²) >= 11 is 7.78. The van der Waals surface area contributed by atoms with Gasteiger partial charge in [0.05, 0.1) is 20.9 Å². The minimum absolute atomic E-state index is 0.275. The number of thiazole rings is 1. The first kappa shape index (κ1) is 18.9. The van der Waals surface area contributed by atoms with Crippen LogP contribution in [0, 0.1) is 13.8 Å². The molecule has 152 valence electrons. The van der Waals surface area contributed by atoms with E-state index in [1.165, 1.54) is 11.3 Å². The second kappa shape index (κ2) is 7.30. The third kappa shape index (κ3) is 3.28. The summed E-state index contributed by atoms with van der Waals surface area (Å²) in [5.41, 5.74) is 3.09. The minimum Gasteiger partial charge on any atom is -0.486 e. The zero-order chi connectivity index (χ0) is 20.8. The highest BCUT2D eigenvalue weighted by Gasteiger charge is 2.19. The number of nitrogens with zero attached hydrogens (tertiary/aromatic N) is 3. The van der Waals surface area contributed by atoms with E-state index >= 15 is 0 Å². The molecule has 1 N–H and O–H groups in total. The molecule has 5 rings (SSSR count). The van der Waals surface area contributed by atoms with Crippen LogP contribution in [0.1, 0.15) is 21.6 Å². The van der Waals surface area contributed by atoms with E-state index in [2.05, 4.69) is 10.4 Å². The largest absolute Gasteiger partial charge is 0.486 e. The van der Waals surface area contributed by atoms with Crippen LogP contribution in [0.2, 0.25) is 5.02 Å². The van der Waals surface area contributed by atoms with Crippen LogP contribution in [0.5, 0.6) is 11.5 Å². The molecule has 0 atom stereocenters. The third-order valence-corrected chi connectivity index (χ3v) is 6.24. The predicted octanol–water partition coefficient (Wildman–Crippen LogP) is 4.78. The van der Waals surface area contributed by atoms with Crippen LogP contribution in [0.4, 0.5) is 5.82 Å². The molecule has 2 aromatic heterocycles. The number of halogens is 1. The summed E-state index contributed by atoms with van der Waals surface area (Å²) in [6.07, 6.45) is 0. The summed E-state index contributed by atoms with van der Waals surface area (Å²) < 4.78 is 13.6. The van der Waals surface area contributed by atoms with E-state index in [1.807, 2.05) is 26.0 Å². The van der Waals surface area contributed by atoms with Crippen LogP contribution < -0.4 is 14.8 Å². The Balaban J connectivity index is 1.49. The molecule has 0 saturated heterocycles. The number of aromatic nitrogens is 3. The molecule has 4 aromatic rings. The van der Waals surface area contributed by atoms with Gasteiger partial charge in [0.25, 0.3) is 5.91 Å². The Morgan fingerprint density at radius 2 is 1.93 bits per heavy atom. The first-order chi connectivity index (χ1) is 14.5. The summed E-state index contributed by atoms with van der Waals surface area (Å²) in [4.78, 5) is 17.6. The van der Waals surface area contributed by atoms with Crippen molar-refractivity contribution in [2.75, 3.05) is 18.5 Å². The van der Waals surface area contributed by atoms with Gasteiger partial charge in [-0.15, -0.1) is 0 Å². The lowest BCUT2D eigenvalue weighted by Crippen LogP contribution is -2.18. The van der Waals surface area contributed by atoms with Gasteiger partial charge in [-0.05, 0) is 43.7 Å². The number of amides is 1.